The molecule has 0 saturated carbocycles. The van der Waals surface area contributed by atoms with Crippen molar-refractivity contribution in [2.24, 2.45) is 0 Å². The molecule has 0 amide bonds. The Kier molecular flexibility index (Phi) is 7.61. The average Bonchev–Trinajstić information content (AvgIpc) is 3.21. The summed E-state index contributed by atoms with van der Waals surface area (Å²) in [5.41, 5.74) is 14.8. The molecule has 0 nitrogen and oxygen atoms in total. The van der Waals surface area contributed by atoms with Gasteiger partial charge in [-0.05, 0) is 94.4 Å². The summed E-state index contributed by atoms with van der Waals surface area (Å²) in [6.45, 7) is 0. The summed E-state index contributed by atoms with van der Waals surface area (Å²) >= 11 is 0. The van der Waals surface area contributed by atoms with Crippen molar-refractivity contribution in [3.8, 4) is 66.8 Å². The first-order valence-electron chi connectivity index (χ1n) is 17.3. The molecular formula is C50H34. The first-order valence-corrected chi connectivity index (χ1v) is 17.3. The Morgan fingerprint density at radius 1 is 0.180 bits per heavy atom. The van der Waals surface area contributed by atoms with Gasteiger partial charge < -0.3 is 0 Å². The third-order valence-corrected chi connectivity index (χ3v) is 9.91. The maximum Gasteiger partial charge on any atom is -0.00201 e. The van der Waals surface area contributed by atoms with Crippen LogP contribution in [0.1, 0.15) is 0 Å². The van der Waals surface area contributed by atoms with Crippen LogP contribution in [0.25, 0.3) is 88.3 Å². The van der Waals surface area contributed by atoms with Crippen molar-refractivity contribution in [3.63, 3.8) is 0 Å². The fourth-order valence-corrected chi connectivity index (χ4v) is 7.49. The molecule has 0 aromatic heterocycles. The summed E-state index contributed by atoms with van der Waals surface area (Å²) in [7, 11) is 0. The molecule has 0 N–H and O–H groups in total. The van der Waals surface area contributed by atoms with Gasteiger partial charge in [-0.3, -0.25) is 0 Å². The van der Waals surface area contributed by atoms with Crippen molar-refractivity contribution < 1.29 is 0 Å². The van der Waals surface area contributed by atoms with Crippen LogP contribution in [0.5, 0.6) is 0 Å². The van der Waals surface area contributed by atoms with E-state index < -0.39 is 0 Å². The highest BCUT2D eigenvalue weighted by atomic mass is 14.2. The second-order valence-electron chi connectivity index (χ2n) is 12.9. The van der Waals surface area contributed by atoms with E-state index in [1.165, 1.54) is 88.3 Å². The third-order valence-electron chi connectivity index (χ3n) is 9.91. The summed E-state index contributed by atoms with van der Waals surface area (Å²) in [4.78, 5) is 0. The molecule has 0 aliphatic heterocycles. The smallest absolute Gasteiger partial charge is 0.00201 e. The molecule has 0 bridgehead atoms. The van der Waals surface area contributed by atoms with Gasteiger partial charge in [-0.15, -0.1) is 0 Å². The first-order chi connectivity index (χ1) is 24.8. The summed E-state index contributed by atoms with van der Waals surface area (Å²) < 4.78 is 0. The Hall–Kier alpha value is -6.50. The molecule has 0 heteroatoms. The van der Waals surface area contributed by atoms with Gasteiger partial charge >= 0.3 is 0 Å². The molecule has 0 spiro atoms. The SMILES string of the molecule is c1ccc(-c2ccc(-c3ccccc3-c3c4ccccc4c(-c4ccc(-c5cccc(-c6ccccc6)c5)cc4)c4ccccc34)cc2)cc1. The normalized spacial score (nSPS) is 11.2. The Labute approximate surface area is 293 Å². The highest BCUT2D eigenvalue weighted by molar-refractivity contribution is 6.22. The molecule has 0 atom stereocenters. The third kappa shape index (κ3) is 5.38. The van der Waals surface area contributed by atoms with Crippen molar-refractivity contribution in [3.05, 3.63) is 206 Å². The monoisotopic (exact) mass is 634 g/mol. The summed E-state index contributed by atoms with van der Waals surface area (Å²) in [6, 6.07) is 74.8. The van der Waals surface area contributed by atoms with Gasteiger partial charge in [0.1, 0.15) is 0 Å². The van der Waals surface area contributed by atoms with Crippen LogP contribution in [-0.2, 0) is 0 Å². The number of hydrogen-bond donors (Lipinski definition) is 0. The second-order valence-corrected chi connectivity index (χ2v) is 12.9. The lowest BCUT2D eigenvalue weighted by Gasteiger charge is -2.20. The summed E-state index contributed by atoms with van der Waals surface area (Å²) in [5.74, 6) is 0. The van der Waals surface area contributed by atoms with Crippen LogP contribution in [-0.4, -0.2) is 0 Å². The van der Waals surface area contributed by atoms with Crippen molar-refractivity contribution in [2.45, 2.75) is 0 Å². The molecule has 0 aliphatic rings. The highest BCUT2D eigenvalue weighted by Crippen LogP contribution is 2.46. The predicted octanol–water partition coefficient (Wildman–Crippen LogP) is 14.0. The van der Waals surface area contributed by atoms with E-state index in [0.717, 1.165) is 0 Å². The van der Waals surface area contributed by atoms with Gasteiger partial charge in [0, 0.05) is 0 Å². The van der Waals surface area contributed by atoms with Crippen LogP contribution in [0.15, 0.2) is 206 Å². The Balaban J connectivity index is 1.17. The van der Waals surface area contributed by atoms with Gasteiger partial charge in [-0.2, -0.15) is 0 Å². The minimum absolute atomic E-state index is 1.21. The highest BCUT2D eigenvalue weighted by Gasteiger charge is 2.19. The number of benzene rings is 9. The van der Waals surface area contributed by atoms with E-state index in [1.54, 1.807) is 0 Å². The largest absolute Gasteiger partial charge is 0.0622 e. The van der Waals surface area contributed by atoms with Crippen molar-refractivity contribution in [1.29, 1.82) is 0 Å². The fraction of sp³-hybridized carbons (Fsp3) is 0. The summed E-state index contributed by atoms with van der Waals surface area (Å²) in [5, 5.41) is 5.03. The molecule has 0 heterocycles. The van der Waals surface area contributed by atoms with E-state index in [2.05, 4.69) is 206 Å². The molecular weight excluding hydrogens is 601 g/mol. The molecule has 9 aromatic rings. The van der Waals surface area contributed by atoms with Crippen molar-refractivity contribution in [1.82, 2.24) is 0 Å². The lowest BCUT2D eigenvalue weighted by atomic mass is 9.83. The number of rotatable bonds is 6. The Bertz CT molecular complexity index is 2540. The molecule has 0 aliphatic carbocycles. The number of hydrogen-bond acceptors (Lipinski definition) is 0. The zero-order valence-electron chi connectivity index (χ0n) is 27.6. The topological polar surface area (TPSA) is 0 Å². The molecule has 0 fully saturated rings. The second kappa shape index (κ2) is 12.8. The van der Waals surface area contributed by atoms with Crippen LogP contribution in [0.2, 0.25) is 0 Å². The molecule has 0 saturated heterocycles. The maximum absolute atomic E-state index is 2.29. The van der Waals surface area contributed by atoms with Gasteiger partial charge in [-0.25, -0.2) is 0 Å². The van der Waals surface area contributed by atoms with Crippen LogP contribution < -0.4 is 0 Å². The average molecular weight is 635 g/mol. The molecule has 0 unspecified atom stereocenters. The maximum atomic E-state index is 2.29. The standard InChI is InChI=1S/C50H34/c1-3-14-35(15-4-1)37-26-30-39(31-27-37)43-20-7-8-21-44(43)50-47-24-11-9-22-45(47)49(46-23-10-12-25-48(46)50)40-32-28-38(29-33-40)42-19-13-18-41(34-42)36-16-5-2-6-17-36/h1-34H. The van der Waals surface area contributed by atoms with E-state index in [-0.39, 0.29) is 0 Å². The lowest BCUT2D eigenvalue weighted by molar-refractivity contribution is 1.58. The van der Waals surface area contributed by atoms with Crippen molar-refractivity contribution >= 4 is 21.5 Å². The van der Waals surface area contributed by atoms with Gasteiger partial charge in [0.2, 0.25) is 0 Å². The van der Waals surface area contributed by atoms with E-state index in [9.17, 15) is 0 Å². The van der Waals surface area contributed by atoms with Gasteiger partial charge in [0.15, 0.2) is 0 Å². The minimum atomic E-state index is 1.21. The fourth-order valence-electron chi connectivity index (χ4n) is 7.49. The lowest BCUT2D eigenvalue weighted by Crippen LogP contribution is -1.93. The van der Waals surface area contributed by atoms with Crippen molar-refractivity contribution in [2.75, 3.05) is 0 Å². The minimum Gasteiger partial charge on any atom is -0.0622 e. The number of fused-ring (bicyclic) bond motifs is 2. The van der Waals surface area contributed by atoms with Crippen LogP contribution in [0.3, 0.4) is 0 Å². The van der Waals surface area contributed by atoms with Gasteiger partial charge in [0.05, 0.1) is 0 Å². The zero-order chi connectivity index (χ0) is 33.3. The molecule has 9 aromatic carbocycles. The Morgan fingerprint density at radius 2 is 0.520 bits per heavy atom. The summed E-state index contributed by atoms with van der Waals surface area (Å²) in [6.07, 6.45) is 0. The zero-order valence-corrected chi connectivity index (χ0v) is 27.6. The Morgan fingerprint density at radius 3 is 1.06 bits per heavy atom. The van der Waals surface area contributed by atoms with Gasteiger partial charge in [-0.1, -0.05) is 200 Å². The predicted molar refractivity (Wildman–Crippen MR) is 214 cm³/mol. The van der Waals surface area contributed by atoms with Crippen LogP contribution in [0, 0.1) is 0 Å². The van der Waals surface area contributed by atoms with Gasteiger partial charge in [0.25, 0.3) is 0 Å². The van der Waals surface area contributed by atoms with Crippen LogP contribution >= 0.6 is 0 Å². The van der Waals surface area contributed by atoms with E-state index in [1.807, 2.05) is 0 Å². The molecule has 0 radical (unpaired) electrons. The first kappa shape index (κ1) is 29.6. The molecule has 9 rings (SSSR count). The molecule has 234 valence electrons. The quantitative estimate of drug-likeness (QED) is 0.160. The van der Waals surface area contributed by atoms with Crippen LogP contribution in [0.4, 0.5) is 0 Å². The molecule has 50 heavy (non-hydrogen) atoms. The van der Waals surface area contributed by atoms with E-state index in [4.69, 9.17) is 0 Å². The van der Waals surface area contributed by atoms with E-state index in [0.29, 0.717) is 0 Å². The van der Waals surface area contributed by atoms with E-state index >= 15 is 0 Å².